The number of aliphatic hydroxyl groups is 1. The molecule has 2 aliphatic rings. The van der Waals surface area contributed by atoms with Gasteiger partial charge < -0.3 is 29.0 Å². The highest BCUT2D eigenvalue weighted by molar-refractivity contribution is 6.46. The molecule has 1 unspecified atom stereocenters. The van der Waals surface area contributed by atoms with Gasteiger partial charge >= 0.3 is 0 Å². The average Bonchev–Trinajstić information content (AvgIpc) is 3.28. The Kier molecular flexibility index (Phi) is 12.3. The summed E-state index contributed by atoms with van der Waals surface area (Å²) >= 11 is 0. The maximum absolute atomic E-state index is 13.6. The maximum atomic E-state index is 13.6. The predicted molar refractivity (Wildman–Crippen MR) is 166 cm³/mol. The normalized spacial score (nSPS) is 18.7. The number of unbranched alkanes of at least 4 members (excludes halogenated alkanes) is 3. The summed E-state index contributed by atoms with van der Waals surface area (Å²) in [5, 5.41) is 11.6. The number of methoxy groups -OCH3 is 1. The van der Waals surface area contributed by atoms with Crippen molar-refractivity contribution in [2.75, 3.05) is 59.7 Å². The molecule has 2 aliphatic heterocycles. The highest BCUT2D eigenvalue weighted by Gasteiger charge is 2.46. The van der Waals surface area contributed by atoms with Crippen LogP contribution in [0.2, 0.25) is 0 Å². The first-order chi connectivity index (χ1) is 21.0. The van der Waals surface area contributed by atoms with E-state index in [1.807, 2.05) is 18.2 Å². The van der Waals surface area contributed by atoms with Gasteiger partial charge in [-0.25, -0.2) is 0 Å². The number of ketones is 1. The Labute approximate surface area is 255 Å². The summed E-state index contributed by atoms with van der Waals surface area (Å²) in [5.41, 5.74) is 1.15. The Hall–Kier alpha value is -3.56. The molecule has 0 aliphatic carbocycles. The summed E-state index contributed by atoms with van der Waals surface area (Å²) < 4.78 is 22.9. The van der Waals surface area contributed by atoms with Gasteiger partial charge in [0.25, 0.3) is 11.7 Å². The number of hydrogen-bond acceptors (Lipinski definition) is 8. The molecule has 4 rings (SSSR count). The highest BCUT2D eigenvalue weighted by atomic mass is 16.5. The Bertz CT molecular complexity index is 1260. The van der Waals surface area contributed by atoms with Gasteiger partial charge in [-0.2, -0.15) is 0 Å². The van der Waals surface area contributed by atoms with Crippen molar-refractivity contribution in [3.63, 3.8) is 0 Å². The molecule has 9 heteroatoms. The van der Waals surface area contributed by atoms with E-state index in [-0.39, 0.29) is 11.3 Å². The van der Waals surface area contributed by atoms with Crippen LogP contribution in [0.5, 0.6) is 17.2 Å². The molecule has 0 spiro atoms. The first-order valence-electron chi connectivity index (χ1n) is 15.6. The molecule has 0 saturated carbocycles. The fourth-order valence-electron chi connectivity index (χ4n) is 5.48. The van der Waals surface area contributed by atoms with Crippen LogP contribution in [0.4, 0.5) is 0 Å². The largest absolute Gasteiger partial charge is 0.507 e. The second-order valence-corrected chi connectivity index (χ2v) is 11.0. The number of benzene rings is 2. The lowest BCUT2D eigenvalue weighted by molar-refractivity contribution is -0.140. The number of carbonyl (C=O) groups is 2. The van der Waals surface area contributed by atoms with Crippen molar-refractivity contribution in [3.05, 3.63) is 59.2 Å². The van der Waals surface area contributed by atoms with Crippen LogP contribution in [0.1, 0.15) is 69.5 Å². The van der Waals surface area contributed by atoms with E-state index >= 15 is 0 Å². The lowest BCUT2D eigenvalue weighted by atomic mass is 9.95. The molecule has 0 radical (unpaired) electrons. The zero-order valence-electron chi connectivity index (χ0n) is 25.8. The summed E-state index contributed by atoms with van der Waals surface area (Å²) in [7, 11) is 1.57. The fraction of sp³-hybridized carbons (Fsp3) is 0.529. The van der Waals surface area contributed by atoms with Gasteiger partial charge in [0.1, 0.15) is 11.5 Å². The molecule has 2 heterocycles. The molecule has 0 bridgehead atoms. The second kappa shape index (κ2) is 16.3. The number of amides is 1. The van der Waals surface area contributed by atoms with Gasteiger partial charge in [0.2, 0.25) is 0 Å². The summed E-state index contributed by atoms with van der Waals surface area (Å²) in [6.07, 6.45) is 5.69. The Morgan fingerprint density at radius 2 is 1.67 bits per heavy atom. The molecule has 2 aromatic rings. The topological polar surface area (TPSA) is 97.8 Å². The minimum Gasteiger partial charge on any atom is -0.507 e. The molecule has 1 amide bonds. The van der Waals surface area contributed by atoms with Crippen LogP contribution in [-0.2, 0) is 14.3 Å². The number of hydrogen-bond donors (Lipinski definition) is 1. The number of morpholine rings is 1. The van der Waals surface area contributed by atoms with Gasteiger partial charge in [0.05, 0.1) is 45.2 Å². The molecule has 234 valence electrons. The second-order valence-electron chi connectivity index (χ2n) is 11.0. The molecule has 2 fully saturated rings. The van der Waals surface area contributed by atoms with Gasteiger partial charge in [-0.05, 0) is 49.1 Å². The number of rotatable bonds is 16. The smallest absolute Gasteiger partial charge is 0.295 e. The van der Waals surface area contributed by atoms with Crippen molar-refractivity contribution >= 4 is 17.4 Å². The minimum absolute atomic E-state index is 0.0562. The zero-order valence-corrected chi connectivity index (χ0v) is 25.8. The van der Waals surface area contributed by atoms with E-state index in [0.717, 1.165) is 51.7 Å². The van der Waals surface area contributed by atoms with Gasteiger partial charge in [0, 0.05) is 31.7 Å². The van der Waals surface area contributed by atoms with Crippen molar-refractivity contribution in [1.82, 2.24) is 9.80 Å². The zero-order chi connectivity index (χ0) is 30.6. The van der Waals surface area contributed by atoms with E-state index in [0.29, 0.717) is 67.8 Å². The van der Waals surface area contributed by atoms with Crippen molar-refractivity contribution in [2.24, 2.45) is 0 Å². The first-order valence-corrected chi connectivity index (χ1v) is 15.6. The molecular formula is C34H46N2O7. The maximum Gasteiger partial charge on any atom is 0.295 e. The number of ether oxygens (including phenoxy) is 4. The summed E-state index contributed by atoms with van der Waals surface area (Å²) in [4.78, 5) is 31.0. The first kappa shape index (κ1) is 32.4. The lowest BCUT2D eigenvalue weighted by Gasteiger charge is -2.29. The predicted octanol–water partition coefficient (Wildman–Crippen LogP) is 5.59. The van der Waals surface area contributed by atoms with E-state index in [1.165, 1.54) is 0 Å². The minimum atomic E-state index is -0.780. The molecule has 9 nitrogen and oxygen atoms in total. The van der Waals surface area contributed by atoms with Crippen LogP contribution in [0.25, 0.3) is 5.76 Å². The number of Topliss-reactive ketones (excluding diaryl/α,β-unsaturated/α-hetero) is 1. The van der Waals surface area contributed by atoms with Gasteiger partial charge in [-0.3, -0.25) is 14.5 Å². The SMILES string of the molecule is CCCCCOc1ccc(C2C(=C(O)c3cccc(OCCCC)c3)C(=O)C(=O)N2CCCN2CCOCC2)cc1OC. The van der Waals surface area contributed by atoms with Crippen LogP contribution in [0.3, 0.4) is 0 Å². The van der Waals surface area contributed by atoms with E-state index in [2.05, 4.69) is 18.7 Å². The third kappa shape index (κ3) is 8.30. The van der Waals surface area contributed by atoms with E-state index in [4.69, 9.17) is 18.9 Å². The Morgan fingerprint density at radius 3 is 2.42 bits per heavy atom. The number of nitrogens with zero attached hydrogens (tertiary/aromatic N) is 2. The Balaban J connectivity index is 1.67. The molecule has 2 aromatic carbocycles. The molecule has 2 saturated heterocycles. The summed E-state index contributed by atoms with van der Waals surface area (Å²) in [5.74, 6) is 0.161. The standard InChI is InChI=1S/C34H46N2O7/c1-4-6-8-20-43-28-14-13-25(24-29(28)40-3)31-30(32(37)26-11-9-12-27(23-26)42-19-7-5-2)33(38)34(39)36(31)16-10-15-35-17-21-41-22-18-35/h9,11-14,23-24,31,37H,4-8,10,15-22H2,1-3H3. The summed E-state index contributed by atoms with van der Waals surface area (Å²) in [6, 6.07) is 11.7. The van der Waals surface area contributed by atoms with Crippen molar-refractivity contribution < 1.29 is 33.6 Å². The van der Waals surface area contributed by atoms with Gasteiger partial charge in [0.15, 0.2) is 11.5 Å². The highest BCUT2D eigenvalue weighted by Crippen LogP contribution is 2.42. The number of carbonyl (C=O) groups excluding carboxylic acids is 2. The van der Waals surface area contributed by atoms with E-state index in [1.54, 1.807) is 36.3 Å². The van der Waals surface area contributed by atoms with Crippen LogP contribution in [-0.4, -0.2) is 86.3 Å². The third-order valence-corrected chi connectivity index (χ3v) is 7.90. The quantitative estimate of drug-likeness (QED) is 0.116. The molecule has 0 aromatic heterocycles. The van der Waals surface area contributed by atoms with Crippen molar-refractivity contribution in [2.45, 2.75) is 58.4 Å². The molecule has 1 N–H and O–H groups in total. The lowest BCUT2D eigenvalue weighted by Crippen LogP contribution is -2.39. The molecule has 43 heavy (non-hydrogen) atoms. The fourth-order valence-corrected chi connectivity index (χ4v) is 5.48. The Morgan fingerprint density at radius 1 is 0.907 bits per heavy atom. The van der Waals surface area contributed by atoms with Crippen LogP contribution < -0.4 is 14.2 Å². The van der Waals surface area contributed by atoms with Crippen LogP contribution >= 0.6 is 0 Å². The number of aliphatic hydroxyl groups excluding tert-OH is 1. The third-order valence-electron chi connectivity index (χ3n) is 7.90. The van der Waals surface area contributed by atoms with Crippen LogP contribution in [0, 0.1) is 0 Å². The summed E-state index contributed by atoms with van der Waals surface area (Å²) in [6.45, 7) is 9.57. The average molecular weight is 595 g/mol. The van der Waals surface area contributed by atoms with Crippen molar-refractivity contribution in [3.8, 4) is 17.2 Å². The van der Waals surface area contributed by atoms with Gasteiger partial charge in [-0.1, -0.05) is 51.3 Å². The molecular weight excluding hydrogens is 548 g/mol. The number of likely N-dealkylation sites (tertiary alicyclic amines) is 1. The van der Waals surface area contributed by atoms with Crippen molar-refractivity contribution in [1.29, 1.82) is 0 Å². The van der Waals surface area contributed by atoms with Crippen LogP contribution in [0.15, 0.2) is 48.0 Å². The van der Waals surface area contributed by atoms with E-state index < -0.39 is 17.7 Å². The molecule has 1 atom stereocenters. The monoisotopic (exact) mass is 594 g/mol. The van der Waals surface area contributed by atoms with E-state index in [9.17, 15) is 14.7 Å². The van der Waals surface area contributed by atoms with Gasteiger partial charge in [-0.15, -0.1) is 0 Å².